The second-order valence-corrected chi connectivity index (χ2v) is 4.57. The molecule has 0 saturated heterocycles. The number of carbonyl (C=O) groups excluding carboxylic acids is 2. The van der Waals surface area contributed by atoms with E-state index in [9.17, 15) is 9.59 Å². The molecule has 0 aliphatic carbocycles. The molecule has 0 aromatic carbocycles. The topological polar surface area (TPSA) is 123 Å². The minimum absolute atomic E-state index is 0.0998. The largest absolute Gasteiger partial charge is 0.442 e. The van der Waals surface area contributed by atoms with E-state index in [0.717, 1.165) is 24.6 Å². The van der Waals surface area contributed by atoms with Gasteiger partial charge in [-0.05, 0) is 37.4 Å². The van der Waals surface area contributed by atoms with Gasteiger partial charge in [-0.15, -0.1) is 0 Å². The molecule has 0 heterocycles. The molecule has 0 rings (SSSR count). The maximum atomic E-state index is 11.8. The summed E-state index contributed by atoms with van der Waals surface area (Å²) in [5.41, 5.74) is 5.39. The van der Waals surface area contributed by atoms with E-state index >= 15 is 0 Å². The number of esters is 1. The fourth-order valence-corrected chi connectivity index (χ4v) is 1.47. The van der Waals surface area contributed by atoms with Gasteiger partial charge in [-0.2, -0.15) is 0 Å². The van der Waals surface area contributed by atoms with Gasteiger partial charge in [0.15, 0.2) is 0 Å². The van der Waals surface area contributed by atoms with Gasteiger partial charge >= 0.3 is 11.3 Å². The molecule has 116 valence electrons. The monoisotopic (exact) mass is 307 g/mol. The van der Waals surface area contributed by atoms with Crippen molar-refractivity contribution in [3.63, 3.8) is 0 Å². The Bertz CT molecular complexity index is 338. The lowest BCUT2D eigenvalue weighted by atomic mass is 10.1. The molecule has 0 aliphatic rings. The first kappa shape index (κ1) is 18.7. The van der Waals surface area contributed by atoms with Gasteiger partial charge in [0.1, 0.15) is 12.8 Å². The number of thioether (sulfide) groups is 1. The molecule has 0 spiro atoms. The molecule has 0 fully saturated rings. The molecule has 0 unspecified atom stereocenters. The SMILES string of the molecule is CSC(=O)OCN[C@@H](CCCCN)C(=O)OC(C)=NO. The fraction of sp³-hybridized carbons (Fsp3) is 0.727. The quantitative estimate of drug-likeness (QED) is 0.115. The third-order valence-electron chi connectivity index (χ3n) is 2.31. The number of rotatable bonds is 8. The van der Waals surface area contributed by atoms with E-state index < -0.39 is 17.3 Å². The summed E-state index contributed by atoms with van der Waals surface area (Å²) in [6.07, 6.45) is 3.56. The zero-order valence-corrected chi connectivity index (χ0v) is 12.4. The van der Waals surface area contributed by atoms with Crippen molar-refractivity contribution in [2.24, 2.45) is 10.9 Å². The molecule has 0 aromatic heterocycles. The number of hydrogen-bond acceptors (Lipinski definition) is 9. The second-order valence-electron chi connectivity index (χ2n) is 3.82. The number of nitrogens with zero attached hydrogens (tertiary/aromatic N) is 1. The van der Waals surface area contributed by atoms with E-state index in [1.54, 1.807) is 6.26 Å². The highest BCUT2D eigenvalue weighted by molar-refractivity contribution is 8.12. The first-order valence-electron chi connectivity index (χ1n) is 6.09. The van der Waals surface area contributed by atoms with Crippen molar-refractivity contribution in [2.75, 3.05) is 19.5 Å². The second kappa shape index (κ2) is 11.5. The molecule has 0 bridgehead atoms. The first-order chi connectivity index (χ1) is 9.54. The molecule has 0 amide bonds. The van der Waals surface area contributed by atoms with Crippen LogP contribution in [0.15, 0.2) is 5.16 Å². The first-order valence-corrected chi connectivity index (χ1v) is 7.32. The van der Waals surface area contributed by atoms with E-state index in [0.29, 0.717) is 13.0 Å². The molecule has 8 nitrogen and oxygen atoms in total. The number of carbonyl (C=O) groups is 2. The van der Waals surface area contributed by atoms with E-state index in [4.69, 9.17) is 20.4 Å². The smallest absolute Gasteiger partial charge is 0.368 e. The number of ether oxygens (including phenoxy) is 2. The van der Waals surface area contributed by atoms with Gasteiger partial charge in [0, 0.05) is 6.92 Å². The molecule has 0 aliphatic heterocycles. The summed E-state index contributed by atoms with van der Waals surface area (Å²) in [6.45, 7) is 1.78. The summed E-state index contributed by atoms with van der Waals surface area (Å²) in [5.74, 6) is -0.751. The summed E-state index contributed by atoms with van der Waals surface area (Å²) < 4.78 is 9.61. The Labute approximate surface area is 122 Å². The van der Waals surface area contributed by atoms with Crippen LogP contribution in [0.1, 0.15) is 26.2 Å². The highest BCUT2D eigenvalue weighted by atomic mass is 32.2. The molecular weight excluding hydrogens is 286 g/mol. The van der Waals surface area contributed by atoms with Gasteiger partial charge in [-0.3, -0.25) is 5.32 Å². The lowest BCUT2D eigenvalue weighted by Crippen LogP contribution is -2.40. The Morgan fingerprint density at radius 2 is 2.15 bits per heavy atom. The summed E-state index contributed by atoms with van der Waals surface area (Å²) in [7, 11) is 0. The van der Waals surface area contributed by atoms with E-state index in [1.807, 2.05) is 0 Å². The standard InChI is InChI=1S/C11H21N3O5S/c1-8(14-17)19-10(15)9(5-3-4-6-12)13-7-18-11(16)20-2/h9,13,17H,3-7,12H2,1-2H3/t9-/m0/s1. The van der Waals surface area contributed by atoms with Crippen molar-refractivity contribution < 1.29 is 24.3 Å². The molecule has 1 atom stereocenters. The summed E-state index contributed by atoms with van der Waals surface area (Å²) in [4.78, 5) is 22.8. The maximum absolute atomic E-state index is 11.8. The van der Waals surface area contributed by atoms with Crippen LogP contribution in [0.3, 0.4) is 0 Å². The van der Waals surface area contributed by atoms with Crippen LogP contribution in [-0.2, 0) is 14.3 Å². The van der Waals surface area contributed by atoms with E-state index in [-0.39, 0.29) is 12.6 Å². The van der Waals surface area contributed by atoms with Gasteiger partial charge in [0.25, 0.3) is 0 Å². The Balaban J connectivity index is 4.31. The van der Waals surface area contributed by atoms with Crippen molar-refractivity contribution in [1.29, 1.82) is 0 Å². The van der Waals surface area contributed by atoms with Gasteiger partial charge in [0.2, 0.25) is 5.90 Å². The predicted octanol–water partition coefficient (Wildman–Crippen LogP) is 0.881. The van der Waals surface area contributed by atoms with Gasteiger partial charge in [0.05, 0.1) is 0 Å². The molecule has 4 N–H and O–H groups in total. The lowest BCUT2D eigenvalue weighted by Gasteiger charge is -2.16. The Morgan fingerprint density at radius 3 is 2.70 bits per heavy atom. The number of hydrogen-bond donors (Lipinski definition) is 3. The van der Waals surface area contributed by atoms with Crippen LogP contribution in [-0.4, -0.2) is 47.9 Å². The average Bonchev–Trinajstić information content (AvgIpc) is 2.45. The van der Waals surface area contributed by atoms with Crippen molar-refractivity contribution >= 4 is 28.9 Å². The highest BCUT2D eigenvalue weighted by Crippen LogP contribution is 2.04. The van der Waals surface area contributed by atoms with Crippen molar-refractivity contribution in [3.05, 3.63) is 0 Å². The molecule has 0 radical (unpaired) electrons. The minimum Gasteiger partial charge on any atom is -0.442 e. The van der Waals surface area contributed by atoms with E-state index in [1.165, 1.54) is 6.92 Å². The molecule has 0 saturated carbocycles. The van der Waals surface area contributed by atoms with Crippen LogP contribution in [0.5, 0.6) is 0 Å². The van der Waals surface area contributed by atoms with Crippen molar-refractivity contribution in [2.45, 2.75) is 32.2 Å². The van der Waals surface area contributed by atoms with Crippen LogP contribution >= 0.6 is 11.8 Å². The zero-order chi connectivity index (χ0) is 15.4. The molecule has 0 aromatic rings. The van der Waals surface area contributed by atoms with Crippen LogP contribution in [0, 0.1) is 0 Å². The number of nitrogens with two attached hydrogens (primary N) is 1. The Kier molecular flexibility index (Phi) is 10.7. The predicted molar refractivity (Wildman–Crippen MR) is 75.7 cm³/mol. The van der Waals surface area contributed by atoms with Gasteiger partial charge < -0.3 is 20.4 Å². The van der Waals surface area contributed by atoms with Gasteiger partial charge in [-0.25, -0.2) is 9.59 Å². The zero-order valence-electron chi connectivity index (χ0n) is 11.6. The third-order valence-corrected chi connectivity index (χ3v) is 2.76. The van der Waals surface area contributed by atoms with Crippen LogP contribution in [0.25, 0.3) is 0 Å². The van der Waals surface area contributed by atoms with Crippen molar-refractivity contribution in [1.82, 2.24) is 5.32 Å². The summed E-state index contributed by atoms with van der Waals surface area (Å²) in [6, 6.07) is -0.659. The Hall–Kier alpha value is -1.32. The summed E-state index contributed by atoms with van der Waals surface area (Å²) in [5, 5.41) is 13.5. The van der Waals surface area contributed by atoms with Crippen LogP contribution in [0.2, 0.25) is 0 Å². The maximum Gasteiger partial charge on any atom is 0.368 e. The van der Waals surface area contributed by atoms with Crippen molar-refractivity contribution in [3.8, 4) is 0 Å². The number of nitrogens with one attached hydrogen (secondary N) is 1. The average molecular weight is 307 g/mol. The number of oxime groups is 1. The minimum atomic E-state index is -0.659. The summed E-state index contributed by atoms with van der Waals surface area (Å²) >= 11 is 0.935. The fourth-order valence-electron chi connectivity index (χ4n) is 1.29. The highest BCUT2D eigenvalue weighted by Gasteiger charge is 2.20. The Morgan fingerprint density at radius 1 is 1.45 bits per heavy atom. The van der Waals surface area contributed by atoms with E-state index in [2.05, 4.69) is 10.5 Å². The lowest BCUT2D eigenvalue weighted by molar-refractivity contribution is -0.138. The molecule has 20 heavy (non-hydrogen) atoms. The number of unbranched alkanes of at least 4 members (excludes halogenated alkanes) is 1. The van der Waals surface area contributed by atoms with Crippen LogP contribution in [0.4, 0.5) is 4.79 Å². The normalized spacial score (nSPS) is 12.8. The molecule has 9 heteroatoms. The molecular formula is C11H21N3O5S. The van der Waals surface area contributed by atoms with Gasteiger partial charge in [-0.1, -0.05) is 11.6 Å². The van der Waals surface area contributed by atoms with Crippen LogP contribution < -0.4 is 11.1 Å². The third kappa shape index (κ3) is 8.73.